The summed E-state index contributed by atoms with van der Waals surface area (Å²) in [7, 11) is 1.64. The molecule has 2 aliphatic rings. The number of benzene rings is 3. The van der Waals surface area contributed by atoms with E-state index in [-0.39, 0.29) is 24.3 Å². The summed E-state index contributed by atoms with van der Waals surface area (Å²) in [6, 6.07) is 25.2. The van der Waals surface area contributed by atoms with Crippen LogP contribution in [0.2, 0.25) is 0 Å². The fourth-order valence-electron chi connectivity index (χ4n) is 4.38. The van der Waals surface area contributed by atoms with E-state index in [0.717, 1.165) is 28.2 Å². The van der Waals surface area contributed by atoms with Crippen LogP contribution in [0.25, 0.3) is 0 Å². The molecule has 2 amide bonds. The van der Waals surface area contributed by atoms with E-state index in [2.05, 4.69) is 10.3 Å². The maximum atomic E-state index is 12.8. The molecule has 2 aliphatic heterocycles. The van der Waals surface area contributed by atoms with Gasteiger partial charge in [0.15, 0.2) is 5.17 Å². The van der Waals surface area contributed by atoms with Gasteiger partial charge in [0, 0.05) is 24.1 Å². The molecule has 182 valence electrons. The van der Waals surface area contributed by atoms with Crippen molar-refractivity contribution in [1.82, 2.24) is 5.01 Å². The third-order valence-corrected chi connectivity index (χ3v) is 7.25. The van der Waals surface area contributed by atoms with Gasteiger partial charge in [-0.3, -0.25) is 9.59 Å². The summed E-state index contributed by atoms with van der Waals surface area (Å²) in [5, 5.41) is 9.47. The lowest BCUT2D eigenvalue weighted by atomic mass is 9.98. The number of ether oxygens (including phenoxy) is 1. The number of aryl methyl sites for hydroxylation is 1. The zero-order chi connectivity index (χ0) is 25.1. The zero-order valence-corrected chi connectivity index (χ0v) is 20.9. The van der Waals surface area contributed by atoms with Crippen molar-refractivity contribution < 1.29 is 14.3 Å². The number of para-hydroxylation sites is 1. The van der Waals surface area contributed by atoms with Crippen molar-refractivity contribution in [2.24, 2.45) is 10.1 Å². The normalized spacial score (nSPS) is 19.2. The van der Waals surface area contributed by atoms with Crippen LogP contribution in [0.15, 0.2) is 89.0 Å². The molecule has 2 heterocycles. The number of rotatable bonds is 6. The predicted octanol–water partition coefficient (Wildman–Crippen LogP) is 5.18. The number of hydrazone groups is 1. The Kier molecular flexibility index (Phi) is 6.86. The van der Waals surface area contributed by atoms with Crippen LogP contribution in [0.5, 0.6) is 5.75 Å². The van der Waals surface area contributed by atoms with E-state index < -0.39 is 5.25 Å². The first-order valence-electron chi connectivity index (χ1n) is 11.7. The zero-order valence-electron chi connectivity index (χ0n) is 20.0. The first-order valence-corrected chi connectivity index (χ1v) is 12.6. The fraction of sp³-hybridized carbons (Fsp3) is 0.214. The Morgan fingerprint density at radius 1 is 1.08 bits per heavy atom. The van der Waals surface area contributed by atoms with E-state index in [4.69, 9.17) is 9.84 Å². The molecule has 7 nitrogen and oxygen atoms in total. The van der Waals surface area contributed by atoms with Crippen molar-refractivity contribution in [3.63, 3.8) is 0 Å². The summed E-state index contributed by atoms with van der Waals surface area (Å²) in [5.74, 6) is 0.205. The molecular weight excluding hydrogens is 472 g/mol. The van der Waals surface area contributed by atoms with Gasteiger partial charge in [0.1, 0.15) is 11.0 Å². The average molecular weight is 499 g/mol. The molecule has 0 spiro atoms. The van der Waals surface area contributed by atoms with Crippen LogP contribution in [0, 0.1) is 6.92 Å². The van der Waals surface area contributed by atoms with Crippen molar-refractivity contribution in [3.8, 4) is 5.75 Å². The molecule has 1 N–H and O–H groups in total. The minimum atomic E-state index is -0.598. The lowest BCUT2D eigenvalue weighted by Crippen LogP contribution is -2.25. The number of carbonyl (C=O) groups excluding carboxylic acids is 2. The average Bonchev–Trinajstić information content (AvgIpc) is 3.48. The van der Waals surface area contributed by atoms with E-state index in [1.165, 1.54) is 11.8 Å². The van der Waals surface area contributed by atoms with Crippen molar-refractivity contribution in [1.29, 1.82) is 0 Å². The van der Waals surface area contributed by atoms with Gasteiger partial charge < -0.3 is 10.1 Å². The molecule has 0 unspecified atom stereocenters. The van der Waals surface area contributed by atoms with E-state index in [1.54, 1.807) is 12.1 Å². The van der Waals surface area contributed by atoms with Gasteiger partial charge in [-0.05, 0) is 36.2 Å². The number of methoxy groups -OCH3 is 1. The van der Waals surface area contributed by atoms with E-state index in [1.807, 2.05) is 85.8 Å². The molecule has 0 bridgehead atoms. The van der Waals surface area contributed by atoms with E-state index in [0.29, 0.717) is 17.3 Å². The summed E-state index contributed by atoms with van der Waals surface area (Å²) < 4.78 is 5.63. The summed E-state index contributed by atoms with van der Waals surface area (Å²) in [5.41, 5.74) is 4.65. The standard InChI is InChI=1S/C28H26N4O3S/c1-18-9-8-12-20(15-18)29-26(33)17-25-27(34)30-28(36-25)32-23(21-13-6-7-14-24(21)35-2)16-22(31-32)19-10-4-3-5-11-19/h3-15,23,25H,16-17H2,1-2H3,(H,29,33)/t23-,25-/m1/s1. The Bertz CT molecular complexity index is 1360. The van der Waals surface area contributed by atoms with Crippen molar-refractivity contribution in [3.05, 3.63) is 95.6 Å². The molecule has 3 aromatic carbocycles. The molecule has 0 saturated heterocycles. The lowest BCUT2D eigenvalue weighted by molar-refractivity contribution is -0.121. The second-order valence-corrected chi connectivity index (χ2v) is 9.85. The molecule has 0 aliphatic carbocycles. The highest BCUT2D eigenvalue weighted by Crippen LogP contribution is 2.41. The van der Waals surface area contributed by atoms with Crippen LogP contribution in [-0.4, -0.2) is 40.1 Å². The number of amidine groups is 1. The minimum absolute atomic E-state index is 0.0346. The van der Waals surface area contributed by atoms with Crippen LogP contribution < -0.4 is 10.1 Å². The predicted molar refractivity (Wildman–Crippen MR) is 143 cm³/mol. The smallest absolute Gasteiger partial charge is 0.262 e. The van der Waals surface area contributed by atoms with Gasteiger partial charge in [-0.2, -0.15) is 10.1 Å². The van der Waals surface area contributed by atoms with Crippen molar-refractivity contribution in [2.45, 2.75) is 31.1 Å². The van der Waals surface area contributed by atoms with Gasteiger partial charge in [0.05, 0.1) is 18.9 Å². The lowest BCUT2D eigenvalue weighted by Gasteiger charge is -2.24. The Hall–Kier alpha value is -3.91. The number of carbonyl (C=O) groups is 2. The summed E-state index contributed by atoms with van der Waals surface area (Å²) >= 11 is 1.28. The Morgan fingerprint density at radius 3 is 2.64 bits per heavy atom. The largest absolute Gasteiger partial charge is 0.496 e. The summed E-state index contributed by atoms with van der Waals surface area (Å²) in [4.78, 5) is 29.8. The van der Waals surface area contributed by atoms with E-state index in [9.17, 15) is 9.59 Å². The maximum Gasteiger partial charge on any atom is 0.262 e. The number of hydrogen-bond donors (Lipinski definition) is 1. The molecule has 5 rings (SSSR count). The molecule has 36 heavy (non-hydrogen) atoms. The molecule has 8 heteroatoms. The topological polar surface area (TPSA) is 83.4 Å². The van der Waals surface area contributed by atoms with Crippen LogP contribution >= 0.6 is 11.8 Å². The van der Waals surface area contributed by atoms with Crippen LogP contribution in [0.3, 0.4) is 0 Å². The molecular formula is C28H26N4O3S. The van der Waals surface area contributed by atoms with Gasteiger partial charge in [-0.25, -0.2) is 5.01 Å². The number of nitrogens with zero attached hydrogens (tertiary/aromatic N) is 3. The third kappa shape index (κ3) is 5.04. The molecule has 2 atom stereocenters. The summed E-state index contributed by atoms with van der Waals surface area (Å²) in [6.07, 6.45) is 0.670. The minimum Gasteiger partial charge on any atom is -0.496 e. The quantitative estimate of drug-likeness (QED) is 0.506. The first kappa shape index (κ1) is 23.8. The van der Waals surface area contributed by atoms with Crippen molar-refractivity contribution in [2.75, 3.05) is 12.4 Å². The van der Waals surface area contributed by atoms with Crippen LogP contribution in [-0.2, 0) is 9.59 Å². The fourth-order valence-corrected chi connectivity index (χ4v) is 5.44. The number of aliphatic imine (C=N–C) groups is 1. The van der Waals surface area contributed by atoms with Crippen molar-refractivity contribution >= 4 is 40.1 Å². The number of amides is 2. The number of thioether (sulfide) groups is 1. The Labute approximate surface area is 214 Å². The monoisotopic (exact) mass is 498 g/mol. The highest BCUT2D eigenvalue weighted by Gasteiger charge is 2.40. The number of hydrogen-bond acceptors (Lipinski definition) is 6. The molecule has 0 radical (unpaired) electrons. The second kappa shape index (κ2) is 10.4. The Morgan fingerprint density at radius 2 is 1.86 bits per heavy atom. The van der Waals surface area contributed by atoms with Gasteiger partial charge in [-0.15, -0.1) is 0 Å². The van der Waals surface area contributed by atoms with Gasteiger partial charge >= 0.3 is 0 Å². The molecule has 3 aromatic rings. The molecule has 0 saturated carbocycles. The second-order valence-electron chi connectivity index (χ2n) is 8.68. The van der Waals surface area contributed by atoms with E-state index >= 15 is 0 Å². The molecule has 0 aromatic heterocycles. The number of anilines is 1. The Balaban J connectivity index is 1.37. The van der Waals surface area contributed by atoms with Gasteiger partial charge in [-0.1, -0.05) is 72.4 Å². The third-order valence-electron chi connectivity index (χ3n) is 6.11. The summed E-state index contributed by atoms with van der Waals surface area (Å²) in [6.45, 7) is 1.96. The maximum absolute atomic E-state index is 12.8. The van der Waals surface area contributed by atoms with Gasteiger partial charge in [0.25, 0.3) is 5.91 Å². The van der Waals surface area contributed by atoms with Crippen LogP contribution in [0.4, 0.5) is 5.69 Å². The number of nitrogens with one attached hydrogen (secondary N) is 1. The highest BCUT2D eigenvalue weighted by atomic mass is 32.2. The highest BCUT2D eigenvalue weighted by molar-refractivity contribution is 8.15. The SMILES string of the molecule is COc1ccccc1[C@H]1CC(c2ccccc2)=NN1C1=NC(=O)[C@@H](CC(=O)Nc2cccc(C)c2)S1. The first-order chi connectivity index (χ1) is 17.5. The van der Waals surface area contributed by atoms with Crippen LogP contribution in [0.1, 0.15) is 35.6 Å². The van der Waals surface area contributed by atoms with Gasteiger partial charge in [0.2, 0.25) is 5.91 Å². The molecule has 0 fully saturated rings.